The molecule has 1 N–H and O–H groups in total. The van der Waals surface area contributed by atoms with Crippen LogP contribution in [0.3, 0.4) is 0 Å². The highest BCUT2D eigenvalue weighted by Gasteiger charge is 2.12. The van der Waals surface area contributed by atoms with E-state index >= 15 is 0 Å². The minimum absolute atomic E-state index is 0.157. The fourth-order valence-electron chi connectivity index (χ4n) is 2.30. The van der Waals surface area contributed by atoms with Crippen LogP contribution in [0.1, 0.15) is 12.5 Å². The van der Waals surface area contributed by atoms with Crippen LogP contribution in [0, 0.1) is 11.3 Å². The molecule has 0 fully saturated rings. The Labute approximate surface area is 115 Å². The van der Waals surface area contributed by atoms with E-state index < -0.39 is 0 Å². The number of nitrogens with zero attached hydrogens (tertiary/aromatic N) is 3. The van der Waals surface area contributed by atoms with E-state index in [1.807, 2.05) is 23.6 Å². The summed E-state index contributed by atoms with van der Waals surface area (Å²) in [5, 5.41) is 8.95. The topological polar surface area (TPSA) is 74.5 Å². The van der Waals surface area contributed by atoms with Crippen molar-refractivity contribution in [1.82, 2.24) is 14.5 Å². The molecule has 0 atom stereocenters. The summed E-state index contributed by atoms with van der Waals surface area (Å²) in [5.74, 6) is 0.704. The number of nitrogens with one attached hydrogen (secondary N) is 1. The first-order valence-corrected chi connectivity index (χ1v) is 6.33. The lowest BCUT2D eigenvalue weighted by atomic mass is 10.2. The summed E-state index contributed by atoms with van der Waals surface area (Å²) in [5.41, 5.74) is 2.80. The number of aryl methyl sites for hydroxylation is 1. The molecule has 0 saturated carbocycles. The van der Waals surface area contributed by atoms with Crippen LogP contribution >= 0.6 is 0 Å². The third-order valence-electron chi connectivity index (χ3n) is 3.20. The fraction of sp³-hybridized carbons (Fsp3) is 0.133. The number of benzene rings is 1. The second-order valence-electron chi connectivity index (χ2n) is 4.42. The van der Waals surface area contributed by atoms with Crippen molar-refractivity contribution in [3.63, 3.8) is 0 Å². The number of hydrogen-bond donors (Lipinski definition) is 1. The number of hydrogen-bond acceptors (Lipinski definition) is 3. The lowest BCUT2D eigenvalue weighted by Crippen LogP contribution is -2.06. The van der Waals surface area contributed by atoms with E-state index in [0.29, 0.717) is 17.1 Å². The van der Waals surface area contributed by atoms with E-state index in [4.69, 9.17) is 5.26 Å². The predicted octanol–water partition coefficient (Wildman–Crippen LogP) is 2.28. The summed E-state index contributed by atoms with van der Waals surface area (Å²) in [4.78, 5) is 18.8. The van der Waals surface area contributed by atoms with Crippen molar-refractivity contribution in [2.45, 2.75) is 13.5 Å². The molecule has 1 aromatic carbocycles. The van der Waals surface area contributed by atoms with Crippen molar-refractivity contribution in [2.24, 2.45) is 0 Å². The number of fused-ring (bicyclic) bond motifs is 1. The molecule has 0 aliphatic carbocycles. The molecular weight excluding hydrogens is 252 g/mol. The number of aromatic nitrogens is 3. The minimum atomic E-state index is -0.157. The molecule has 0 radical (unpaired) electrons. The van der Waals surface area contributed by atoms with Crippen LogP contribution in [0.25, 0.3) is 22.6 Å². The van der Waals surface area contributed by atoms with Gasteiger partial charge in [0.15, 0.2) is 5.82 Å². The molecule has 2 heterocycles. The number of imidazole rings is 1. The molecule has 0 aliphatic rings. The molecule has 20 heavy (non-hydrogen) atoms. The molecular formula is C15H12N4O. The summed E-state index contributed by atoms with van der Waals surface area (Å²) in [6, 6.07) is 12.5. The molecule has 0 saturated heterocycles. The van der Waals surface area contributed by atoms with Gasteiger partial charge in [-0.1, -0.05) is 6.07 Å². The Hall–Kier alpha value is -2.87. The highest BCUT2D eigenvalue weighted by Crippen LogP contribution is 2.23. The molecule has 3 aromatic rings. The van der Waals surface area contributed by atoms with Crippen LogP contribution in [-0.4, -0.2) is 14.5 Å². The minimum Gasteiger partial charge on any atom is -0.323 e. The second-order valence-corrected chi connectivity index (χ2v) is 4.42. The van der Waals surface area contributed by atoms with Gasteiger partial charge in [-0.3, -0.25) is 4.79 Å². The first-order valence-electron chi connectivity index (χ1n) is 6.33. The number of aromatic amines is 1. The Morgan fingerprint density at radius 1 is 1.35 bits per heavy atom. The maximum atomic E-state index is 11.4. The molecule has 5 nitrogen and oxygen atoms in total. The molecule has 3 rings (SSSR count). The Balaban J connectivity index is 2.30. The van der Waals surface area contributed by atoms with Crippen molar-refractivity contribution >= 4 is 11.0 Å². The van der Waals surface area contributed by atoms with E-state index in [-0.39, 0.29) is 5.56 Å². The summed E-state index contributed by atoms with van der Waals surface area (Å²) >= 11 is 0. The Morgan fingerprint density at radius 3 is 2.90 bits per heavy atom. The van der Waals surface area contributed by atoms with Crippen LogP contribution in [0.4, 0.5) is 0 Å². The third-order valence-corrected chi connectivity index (χ3v) is 3.20. The standard InChI is InChI=1S/C15H12N4O/c1-2-19-13-7-6-10(9-16)8-12(13)18-15(19)11-4-3-5-14(20)17-11/h3-8H,2H2,1H3,(H,17,20). The third kappa shape index (κ3) is 1.88. The highest BCUT2D eigenvalue weighted by atomic mass is 16.1. The largest absolute Gasteiger partial charge is 0.323 e. The normalized spacial score (nSPS) is 10.6. The molecule has 0 amide bonds. The molecule has 2 aromatic heterocycles. The SMILES string of the molecule is CCn1c(-c2cccc(=O)[nH]2)nc2cc(C#N)ccc21. The Bertz CT molecular complexity index is 883. The molecule has 5 heteroatoms. The van der Waals surface area contributed by atoms with Crippen molar-refractivity contribution in [2.75, 3.05) is 0 Å². The van der Waals surface area contributed by atoms with Gasteiger partial charge in [0.05, 0.1) is 28.4 Å². The zero-order valence-electron chi connectivity index (χ0n) is 10.9. The van der Waals surface area contributed by atoms with E-state index in [9.17, 15) is 4.79 Å². The van der Waals surface area contributed by atoms with Gasteiger partial charge in [-0.15, -0.1) is 0 Å². The van der Waals surface area contributed by atoms with Crippen molar-refractivity contribution in [1.29, 1.82) is 5.26 Å². The molecule has 0 unspecified atom stereocenters. The van der Waals surface area contributed by atoms with Crippen molar-refractivity contribution in [3.8, 4) is 17.6 Å². The zero-order valence-corrected chi connectivity index (χ0v) is 10.9. The van der Waals surface area contributed by atoms with E-state index in [1.54, 1.807) is 18.2 Å². The van der Waals surface area contributed by atoms with Gasteiger partial charge < -0.3 is 9.55 Å². The quantitative estimate of drug-likeness (QED) is 0.771. The van der Waals surface area contributed by atoms with Crippen molar-refractivity contribution < 1.29 is 0 Å². The number of H-pyrrole nitrogens is 1. The van der Waals surface area contributed by atoms with Gasteiger partial charge in [-0.05, 0) is 31.2 Å². The average molecular weight is 264 g/mol. The molecule has 0 spiro atoms. The Kier molecular flexibility index (Phi) is 2.84. The van der Waals surface area contributed by atoms with E-state index in [2.05, 4.69) is 16.0 Å². The molecule has 0 aliphatic heterocycles. The lowest BCUT2D eigenvalue weighted by Gasteiger charge is -2.05. The van der Waals surface area contributed by atoms with Gasteiger partial charge in [0.25, 0.3) is 0 Å². The maximum Gasteiger partial charge on any atom is 0.248 e. The van der Waals surface area contributed by atoms with Crippen molar-refractivity contribution in [3.05, 3.63) is 52.3 Å². The lowest BCUT2D eigenvalue weighted by molar-refractivity contribution is 0.792. The van der Waals surface area contributed by atoms with Crippen LogP contribution < -0.4 is 5.56 Å². The number of nitriles is 1. The molecule has 0 bridgehead atoms. The fourth-order valence-corrected chi connectivity index (χ4v) is 2.30. The zero-order chi connectivity index (χ0) is 14.1. The van der Waals surface area contributed by atoms with Gasteiger partial charge in [0.1, 0.15) is 0 Å². The van der Waals surface area contributed by atoms with Crippen LogP contribution in [-0.2, 0) is 6.54 Å². The van der Waals surface area contributed by atoms with E-state index in [1.165, 1.54) is 6.07 Å². The highest BCUT2D eigenvalue weighted by molar-refractivity contribution is 5.81. The van der Waals surface area contributed by atoms with Crippen LogP contribution in [0.2, 0.25) is 0 Å². The molecule has 98 valence electrons. The van der Waals surface area contributed by atoms with Crippen LogP contribution in [0.5, 0.6) is 0 Å². The smallest absolute Gasteiger partial charge is 0.248 e. The van der Waals surface area contributed by atoms with E-state index in [0.717, 1.165) is 17.6 Å². The number of pyridine rings is 1. The Morgan fingerprint density at radius 2 is 2.20 bits per heavy atom. The summed E-state index contributed by atoms with van der Waals surface area (Å²) in [6.07, 6.45) is 0. The first kappa shape index (κ1) is 12.2. The second kappa shape index (κ2) is 4.67. The monoisotopic (exact) mass is 264 g/mol. The summed E-state index contributed by atoms with van der Waals surface area (Å²) in [6.45, 7) is 2.75. The van der Waals surface area contributed by atoms with Crippen LogP contribution in [0.15, 0.2) is 41.2 Å². The van der Waals surface area contributed by atoms with Gasteiger partial charge in [0.2, 0.25) is 5.56 Å². The summed E-state index contributed by atoms with van der Waals surface area (Å²) in [7, 11) is 0. The van der Waals surface area contributed by atoms with Gasteiger partial charge >= 0.3 is 0 Å². The van der Waals surface area contributed by atoms with Gasteiger partial charge in [-0.25, -0.2) is 4.98 Å². The number of rotatable bonds is 2. The maximum absolute atomic E-state index is 11.4. The van der Waals surface area contributed by atoms with Gasteiger partial charge in [-0.2, -0.15) is 5.26 Å². The predicted molar refractivity (Wildman–Crippen MR) is 76.2 cm³/mol. The summed E-state index contributed by atoms with van der Waals surface area (Å²) < 4.78 is 2.02. The average Bonchev–Trinajstić information content (AvgIpc) is 2.84. The van der Waals surface area contributed by atoms with Gasteiger partial charge in [0, 0.05) is 12.6 Å². The first-order chi connectivity index (χ1) is 9.72.